The van der Waals surface area contributed by atoms with Crippen molar-refractivity contribution >= 4 is 40.9 Å². The first-order valence-electron chi connectivity index (χ1n) is 15.2. The lowest BCUT2D eigenvalue weighted by atomic mass is 9.91. The molecule has 11 heteroatoms. The number of ether oxygens (including phenoxy) is 2. The van der Waals surface area contributed by atoms with Crippen LogP contribution in [0.5, 0.6) is 5.88 Å². The van der Waals surface area contributed by atoms with E-state index in [1.807, 2.05) is 13.0 Å². The molecule has 1 aromatic heterocycles. The Kier molecular flexibility index (Phi) is 11.4. The average Bonchev–Trinajstić information content (AvgIpc) is 3.02. The van der Waals surface area contributed by atoms with Crippen molar-refractivity contribution in [2.24, 2.45) is 5.92 Å². The van der Waals surface area contributed by atoms with Gasteiger partial charge in [-0.3, -0.25) is 14.9 Å². The summed E-state index contributed by atoms with van der Waals surface area (Å²) in [5, 5.41) is 5.64. The second-order valence-electron chi connectivity index (χ2n) is 11.5. The number of aromatic nitrogens is 1. The SMILES string of the molecule is C/C=C\C(Cl)=C(\F)C(C1=CC(=O)N(C2CCCC(C)C(=O)Nc3cc(NC(=O)OC)ccc3-c3cc(OC)nc2c3)CC1)=C(C)C. The van der Waals surface area contributed by atoms with Crippen molar-refractivity contribution in [3.05, 3.63) is 81.8 Å². The van der Waals surface area contributed by atoms with E-state index in [0.29, 0.717) is 83.0 Å². The standard InChI is InChI=1S/C35H40ClFN4O5/c1-7-9-26(36)33(37)32(20(2)3)22-14-15-41(31(42)18-22)29-11-8-10-21(4)34(43)40-27-19-24(38-35(44)46-6)12-13-25(27)23-16-28(29)39-30(17-23)45-5/h7,9,12-13,16-19,21,29H,8,10-11,14-15H2,1-6H3,(H,38,44)(H,40,43)/b9-7-,33-26-. The average molecular weight is 651 g/mol. The smallest absolute Gasteiger partial charge is 0.411 e. The summed E-state index contributed by atoms with van der Waals surface area (Å²) in [5.74, 6) is -0.977. The van der Waals surface area contributed by atoms with Crippen molar-refractivity contribution < 1.29 is 28.2 Å². The van der Waals surface area contributed by atoms with Crippen LogP contribution in [0.3, 0.4) is 0 Å². The number of benzene rings is 1. The van der Waals surface area contributed by atoms with Gasteiger partial charge in [0, 0.05) is 41.4 Å². The molecule has 2 atom stereocenters. The molecule has 0 saturated heterocycles. The first-order chi connectivity index (χ1) is 22.0. The first kappa shape index (κ1) is 34.4. The van der Waals surface area contributed by atoms with Gasteiger partial charge in [-0.05, 0) is 75.4 Å². The van der Waals surface area contributed by atoms with Crippen molar-refractivity contribution in [3.8, 4) is 17.0 Å². The van der Waals surface area contributed by atoms with Gasteiger partial charge in [-0.1, -0.05) is 42.7 Å². The molecule has 244 valence electrons. The molecule has 0 fully saturated rings. The normalized spacial score (nSPS) is 19.1. The predicted molar refractivity (Wildman–Crippen MR) is 178 cm³/mol. The molecule has 0 radical (unpaired) electrons. The van der Waals surface area contributed by atoms with E-state index in [1.54, 1.807) is 56.0 Å². The lowest BCUT2D eigenvalue weighted by Crippen LogP contribution is -2.38. The molecule has 2 aliphatic rings. The van der Waals surface area contributed by atoms with Gasteiger partial charge in [-0.2, -0.15) is 0 Å². The first-order valence-corrected chi connectivity index (χ1v) is 15.6. The summed E-state index contributed by atoms with van der Waals surface area (Å²) in [4.78, 5) is 45.5. The molecule has 0 saturated carbocycles. The zero-order chi connectivity index (χ0) is 33.5. The number of carbonyl (C=O) groups is 3. The third-order valence-electron chi connectivity index (χ3n) is 8.10. The van der Waals surface area contributed by atoms with E-state index in [1.165, 1.54) is 26.4 Å². The topological polar surface area (TPSA) is 110 Å². The summed E-state index contributed by atoms with van der Waals surface area (Å²) in [5.41, 5.74) is 4.60. The second kappa shape index (κ2) is 15.2. The van der Waals surface area contributed by atoms with Gasteiger partial charge in [0.2, 0.25) is 17.7 Å². The summed E-state index contributed by atoms with van der Waals surface area (Å²) in [6, 6.07) is 8.38. The summed E-state index contributed by atoms with van der Waals surface area (Å²) >= 11 is 6.21. The van der Waals surface area contributed by atoms with Crippen LogP contribution in [0.2, 0.25) is 0 Å². The van der Waals surface area contributed by atoms with E-state index >= 15 is 4.39 Å². The van der Waals surface area contributed by atoms with Gasteiger partial charge in [-0.15, -0.1) is 0 Å². The molecule has 0 aliphatic carbocycles. The van der Waals surface area contributed by atoms with Crippen molar-refractivity contribution in [1.82, 2.24) is 9.88 Å². The Hall–Kier alpha value is -4.44. The van der Waals surface area contributed by atoms with E-state index in [0.717, 1.165) is 0 Å². The fraction of sp³-hybridized carbons (Fsp3) is 0.371. The highest BCUT2D eigenvalue weighted by Crippen LogP contribution is 2.39. The number of halogens is 2. The van der Waals surface area contributed by atoms with E-state index in [9.17, 15) is 14.4 Å². The molecule has 3 heterocycles. The van der Waals surface area contributed by atoms with Gasteiger partial charge in [-0.25, -0.2) is 14.2 Å². The fourth-order valence-electron chi connectivity index (χ4n) is 5.75. The van der Waals surface area contributed by atoms with Crippen LogP contribution < -0.4 is 15.4 Å². The van der Waals surface area contributed by atoms with E-state index in [2.05, 4.69) is 10.6 Å². The number of rotatable bonds is 6. The van der Waals surface area contributed by atoms with Crippen LogP contribution >= 0.6 is 11.6 Å². The van der Waals surface area contributed by atoms with Gasteiger partial charge in [0.25, 0.3) is 0 Å². The molecule has 2 aliphatic heterocycles. The van der Waals surface area contributed by atoms with E-state index in [-0.39, 0.29) is 22.8 Å². The molecule has 4 rings (SSSR count). The van der Waals surface area contributed by atoms with Crippen LogP contribution in [-0.2, 0) is 14.3 Å². The third kappa shape index (κ3) is 7.85. The summed E-state index contributed by atoms with van der Waals surface area (Å²) in [6.07, 6.45) is 6.19. The third-order valence-corrected chi connectivity index (χ3v) is 8.39. The molecular formula is C35H40ClFN4O5. The predicted octanol–water partition coefficient (Wildman–Crippen LogP) is 8.23. The van der Waals surface area contributed by atoms with Crippen LogP contribution in [0.4, 0.5) is 20.6 Å². The van der Waals surface area contributed by atoms with Crippen LogP contribution in [0, 0.1) is 5.92 Å². The largest absolute Gasteiger partial charge is 0.481 e. The number of amides is 3. The highest BCUT2D eigenvalue weighted by Gasteiger charge is 2.32. The summed E-state index contributed by atoms with van der Waals surface area (Å²) < 4.78 is 25.7. The van der Waals surface area contributed by atoms with E-state index < -0.39 is 18.0 Å². The number of hydrogen-bond acceptors (Lipinski definition) is 6. The Morgan fingerprint density at radius 1 is 1.17 bits per heavy atom. The van der Waals surface area contributed by atoms with Gasteiger partial charge >= 0.3 is 6.09 Å². The van der Waals surface area contributed by atoms with Gasteiger partial charge in [0.1, 0.15) is 5.83 Å². The van der Waals surface area contributed by atoms with Crippen LogP contribution in [-0.4, -0.2) is 48.6 Å². The molecule has 9 nitrogen and oxygen atoms in total. The maximum absolute atomic E-state index is 15.4. The monoisotopic (exact) mass is 650 g/mol. The number of pyridine rings is 1. The van der Waals surface area contributed by atoms with Crippen molar-refractivity contribution in [2.45, 2.75) is 59.4 Å². The fourth-order valence-corrected chi connectivity index (χ4v) is 5.97. The zero-order valence-electron chi connectivity index (χ0n) is 27.0. The molecule has 46 heavy (non-hydrogen) atoms. The number of nitrogens with one attached hydrogen (secondary N) is 2. The number of fused-ring (bicyclic) bond motifs is 4. The quantitative estimate of drug-likeness (QED) is 0.305. The van der Waals surface area contributed by atoms with Crippen molar-refractivity contribution in [2.75, 3.05) is 31.4 Å². The highest BCUT2D eigenvalue weighted by atomic mass is 35.5. The minimum absolute atomic E-state index is 0.0199. The van der Waals surface area contributed by atoms with Crippen molar-refractivity contribution in [3.63, 3.8) is 0 Å². The number of anilines is 2. The lowest BCUT2D eigenvalue weighted by molar-refractivity contribution is -0.129. The Morgan fingerprint density at radius 2 is 1.93 bits per heavy atom. The minimum atomic E-state index is -0.636. The number of methoxy groups -OCH3 is 2. The molecule has 2 unspecified atom stereocenters. The van der Waals surface area contributed by atoms with Crippen LogP contribution in [0.15, 0.2) is 76.1 Å². The minimum Gasteiger partial charge on any atom is -0.481 e. The molecule has 0 spiro atoms. The second-order valence-corrected chi connectivity index (χ2v) is 11.9. The maximum atomic E-state index is 15.4. The van der Waals surface area contributed by atoms with Gasteiger partial charge in [0.15, 0.2) is 0 Å². The Morgan fingerprint density at radius 3 is 2.59 bits per heavy atom. The van der Waals surface area contributed by atoms with Gasteiger partial charge in [0.05, 0.1) is 36.7 Å². The lowest BCUT2D eigenvalue weighted by Gasteiger charge is -2.35. The number of nitrogens with zero attached hydrogens (tertiary/aromatic N) is 2. The summed E-state index contributed by atoms with van der Waals surface area (Å²) in [7, 11) is 2.79. The molecule has 2 bridgehead atoms. The number of carbonyl (C=O) groups excluding carboxylic acids is 3. The van der Waals surface area contributed by atoms with Gasteiger partial charge < -0.3 is 19.7 Å². The zero-order valence-corrected chi connectivity index (χ0v) is 27.8. The molecule has 3 amide bonds. The Labute approximate surface area is 274 Å². The highest BCUT2D eigenvalue weighted by molar-refractivity contribution is 6.31. The Balaban J connectivity index is 1.80. The van der Waals surface area contributed by atoms with E-state index in [4.69, 9.17) is 26.1 Å². The van der Waals surface area contributed by atoms with Crippen LogP contribution in [0.1, 0.15) is 65.1 Å². The van der Waals surface area contributed by atoms with Crippen LogP contribution in [0.25, 0.3) is 11.1 Å². The van der Waals surface area contributed by atoms with Crippen molar-refractivity contribution in [1.29, 1.82) is 0 Å². The molecule has 2 aromatic rings. The maximum Gasteiger partial charge on any atom is 0.411 e. The number of hydrogen-bond donors (Lipinski definition) is 2. The molecule has 1 aromatic carbocycles. The molecular weight excluding hydrogens is 611 g/mol. The number of allylic oxidation sites excluding steroid dienone is 6. The molecule has 2 N–H and O–H groups in total. The summed E-state index contributed by atoms with van der Waals surface area (Å²) in [6.45, 7) is 7.54. The Bertz CT molecular complexity index is 1640.